The van der Waals surface area contributed by atoms with Gasteiger partial charge in [0.15, 0.2) is 9.84 Å². The number of hydrogen-bond donors (Lipinski definition) is 1. The summed E-state index contributed by atoms with van der Waals surface area (Å²) < 4.78 is 61.5. The minimum absolute atomic E-state index is 0.0471. The smallest absolute Gasteiger partial charge is 0.265 e. The van der Waals surface area contributed by atoms with Gasteiger partial charge in [-0.05, 0) is 49.4 Å². The molecule has 0 fully saturated rings. The van der Waals surface area contributed by atoms with E-state index in [1.54, 1.807) is 24.3 Å². The summed E-state index contributed by atoms with van der Waals surface area (Å²) in [7, 11) is -6.29. The molecule has 7 nitrogen and oxygen atoms in total. The van der Waals surface area contributed by atoms with Crippen LogP contribution in [0.15, 0.2) is 52.3 Å². The molecule has 0 aliphatic rings. The highest BCUT2D eigenvalue weighted by Crippen LogP contribution is 2.29. The van der Waals surface area contributed by atoms with Gasteiger partial charge in [0, 0.05) is 11.9 Å². The molecule has 2 aromatic rings. The fourth-order valence-electron chi connectivity index (χ4n) is 2.09. The van der Waals surface area contributed by atoms with Crippen LogP contribution in [0, 0.1) is 0 Å². The van der Waals surface area contributed by atoms with Gasteiger partial charge in [0.2, 0.25) is 0 Å². The van der Waals surface area contributed by atoms with Gasteiger partial charge in [0.25, 0.3) is 10.0 Å². The summed E-state index contributed by atoms with van der Waals surface area (Å²) in [4.78, 5) is -0.368. The van der Waals surface area contributed by atoms with Crippen molar-refractivity contribution in [1.82, 2.24) is 0 Å². The van der Waals surface area contributed by atoms with Gasteiger partial charge in [0.05, 0.1) is 18.6 Å². The highest BCUT2D eigenvalue weighted by atomic mass is 32.2. The number of rotatable bonds is 7. The first kappa shape index (κ1) is 19.1. The summed E-state index contributed by atoms with van der Waals surface area (Å²) in [6.45, 7) is 2.35. The summed E-state index contributed by atoms with van der Waals surface area (Å²) in [6.07, 6.45) is 1.01. The Morgan fingerprint density at radius 1 is 1.00 bits per heavy atom. The molecule has 0 unspecified atom stereocenters. The van der Waals surface area contributed by atoms with Gasteiger partial charge in [-0.1, -0.05) is 0 Å². The van der Waals surface area contributed by atoms with E-state index >= 15 is 0 Å². The van der Waals surface area contributed by atoms with Crippen molar-refractivity contribution in [2.24, 2.45) is 0 Å². The van der Waals surface area contributed by atoms with Crippen LogP contribution in [-0.2, 0) is 19.9 Å². The number of ether oxygens (including phenoxy) is 2. The second-order valence-electron chi connectivity index (χ2n) is 5.15. The van der Waals surface area contributed by atoms with Crippen molar-refractivity contribution in [3.8, 4) is 11.5 Å². The van der Waals surface area contributed by atoms with Gasteiger partial charge in [-0.3, -0.25) is 4.72 Å². The van der Waals surface area contributed by atoms with E-state index in [1.807, 2.05) is 6.92 Å². The Bertz CT molecular complexity index is 951. The number of sulfone groups is 1. The van der Waals surface area contributed by atoms with Crippen LogP contribution in [0.25, 0.3) is 0 Å². The summed E-state index contributed by atoms with van der Waals surface area (Å²) in [5.74, 6) is 0.660. The third kappa shape index (κ3) is 4.64. The molecule has 9 heteroatoms. The van der Waals surface area contributed by atoms with Gasteiger partial charge in [-0.2, -0.15) is 0 Å². The van der Waals surface area contributed by atoms with E-state index < -0.39 is 19.9 Å². The lowest BCUT2D eigenvalue weighted by Gasteiger charge is -2.13. The first-order chi connectivity index (χ1) is 11.7. The molecule has 2 aromatic carbocycles. The quantitative estimate of drug-likeness (QED) is 0.785. The lowest BCUT2D eigenvalue weighted by atomic mass is 10.3. The molecule has 0 atom stereocenters. The number of nitrogens with one attached hydrogen (secondary N) is 1. The van der Waals surface area contributed by atoms with Gasteiger partial charge in [-0.25, -0.2) is 16.8 Å². The van der Waals surface area contributed by atoms with Crippen LogP contribution >= 0.6 is 0 Å². The van der Waals surface area contributed by atoms with Crippen molar-refractivity contribution in [1.29, 1.82) is 0 Å². The molecule has 0 aliphatic heterocycles. The maximum Gasteiger partial charge on any atom is 0.265 e. The molecule has 136 valence electrons. The van der Waals surface area contributed by atoms with Crippen molar-refractivity contribution >= 4 is 25.5 Å². The number of benzene rings is 2. The van der Waals surface area contributed by atoms with Crippen LogP contribution < -0.4 is 14.2 Å². The molecule has 0 amide bonds. The Hall–Kier alpha value is -2.26. The van der Waals surface area contributed by atoms with E-state index in [9.17, 15) is 16.8 Å². The first-order valence-corrected chi connectivity index (χ1v) is 10.7. The van der Waals surface area contributed by atoms with Gasteiger partial charge >= 0.3 is 0 Å². The minimum Gasteiger partial charge on any atom is -0.495 e. The average Bonchev–Trinajstić information content (AvgIpc) is 2.55. The zero-order valence-electron chi connectivity index (χ0n) is 14.0. The lowest BCUT2D eigenvalue weighted by Crippen LogP contribution is -2.15. The van der Waals surface area contributed by atoms with E-state index in [-0.39, 0.29) is 15.5 Å². The maximum absolute atomic E-state index is 12.7. The summed E-state index contributed by atoms with van der Waals surface area (Å²) >= 11 is 0. The molecule has 2 rings (SSSR count). The molecule has 0 saturated heterocycles. The molecule has 0 aromatic heterocycles. The zero-order valence-corrected chi connectivity index (χ0v) is 15.6. The summed E-state index contributed by atoms with van der Waals surface area (Å²) in [5.41, 5.74) is 0.315. The van der Waals surface area contributed by atoms with E-state index in [0.717, 1.165) is 12.3 Å². The molecule has 0 bridgehead atoms. The molecule has 0 saturated carbocycles. The average molecular weight is 385 g/mol. The summed E-state index contributed by atoms with van der Waals surface area (Å²) in [6, 6.07) is 10.0. The number of sulfonamides is 1. The van der Waals surface area contributed by atoms with Crippen molar-refractivity contribution < 1.29 is 26.3 Å². The fraction of sp³-hybridized carbons (Fsp3) is 0.250. The molecule has 0 radical (unpaired) electrons. The minimum atomic E-state index is -4.04. The van der Waals surface area contributed by atoms with Crippen molar-refractivity contribution in [3.05, 3.63) is 42.5 Å². The van der Waals surface area contributed by atoms with Crippen molar-refractivity contribution in [2.75, 3.05) is 24.7 Å². The van der Waals surface area contributed by atoms with E-state index in [1.165, 1.54) is 19.2 Å². The largest absolute Gasteiger partial charge is 0.495 e. The topological polar surface area (TPSA) is 98.8 Å². The zero-order chi connectivity index (χ0) is 18.7. The van der Waals surface area contributed by atoms with Crippen molar-refractivity contribution in [3.63, 3.8) is 0 Å². The SMILES string of the molecule is CCOc1ccc(NS(=O)(=O)c2cc(S(C)(=O)=O)ccc2OC)cc1. The number of methoxy groups -OCH3 is 1. The van der Waals surface area contributed by atoms with E-state index in [0.29, 0.717) is 18.0 Å². The normalized spacial score (nSPS) is 11.8. The van der Waals surface area contributed by atoms with Gasteiger partial charge in [-0.15, -0.1) is 0 Å². The van der Waals surface area contributed by atoms with Crippen LogP contribution in [0.3, 0.4) is 0 Å². The highest BCUT2D eigenvalue weighted by Gasteiger charge is 2.22. The Morgan fingerprint density at radius 3 is 2.16 bits per heavy atom. The van der Waals surface area contributed by atoms with Crippen LogP contribution in [0.4, 0.5) is 5.69 Å². The monoisotopic (exact) mass is 385 g/mol. The third-order valence-electron chi connectivity index (χ3n) is 3.27. The van der Waals surface area contributed by atoms with Crippen LogP contribution in [0.5, 0.6) is 11.5 Å². The van der Waals surface area contributed by atoms with Gasteiger partial charge < -0.3 is 9.47 Å². The Morgan fingerprint density at radius 2 is 1.64 bits per heavy atom. The summed E-state index contributed by atoms with van der Waals surface area (Å²) in [5, 5.41) is 0. The van der Waals surface area contributed by atoms with Gasteiger partial charge in [0.1, 0.15) is 16.4 Å². The first-order valence-electron chi connectivity index (χ1n) is 7.31. The Balaban J connectivity index is 2.41. The lowest BCUT2D eigenvalue weighted by molar-refractivity contribution is 0.340. The molecule has 0 spiro atoms. The van der Waals surface area contributed by atoms with Crippen molar-refractivity contribution in [2.45, 2.75) is 16.7 Å². The van der Waals surface area contributed by atoms with E-state index in [4.69, 9.17) is 9.47 Å². The standard InChI is InChI=1S/C16H19NO6S2/c1-4-23-13-7-5-12(6-8-13)17-25(20,21)16-11-14(24(3,18)19)9-10-15(16)22-2/h5-11,17H,4H2,1-3H3. The second-order valence-corrected chi connectivity index (χ2v) is 8.81. The maximum atomic E-state index is 12.7. The molecular formula is C16H19NO6S2. The predicted octanol–water partition coefficient (Wildman–Crippen LogP) is 2.30. The predicted molar refractivity (Wildman–Crippen MR) is 94.5 cm³/mol. The van der Waals surface area contributed by atoms with Crippen LogP contribution in [0.1, 0.15) is 6.92 Å². The molecule has 0 aliphatic carbocycles. The molecular weight excluding hydrogens is 366 g/mol. The number of anilines is 1. The second kappa shape index (κ2) is 7.32. The van der Waals surface area contributed by atoms with Crippen LogP contribution in [-0.4, -0.2) is 36.8 Å². The third-order valence-corrected chi connectivity index (χ3v) is 5.78. The Labute approximate surface area is 147 Å². The van der Waals surface area contributed by atoms with Crippen LogP contribution in [0.2, 0.25) is 0 Å². The Kier molecular flexibility index (Phi) is 5.58. The van der Waals surface area contributed by atoms with E-state index in [2.05, 4.69) is 4.72 Å². The molecule has 25 heavy (non-hydrogen) atoms. The fourth-order valence-corrected chi connectivity index (χ4v) is 4.07. The molecule has 1 N–H and O–H groups in total. The number of hydrogen-bond acceptors (Lipinski definition) is 6. The highest BCUT2D eigenvalue weighted by molar-refractivity contribution is 7.93. The molecule has 0 heterocycles.